The van der Waals surface area contributed by atoms with E-state index >= 15 is 0 Å². The van der Waals surface area contributed by atoms with Crippen LogP contribution in [0.15, 0.2) is 54.6 Å². The lowest BCUT2D eigenvalue weighted by molar-refractivity contribution is -0.137. The lowest BCUT2D eigenvalue weighted by Crippen LogP contribution is -2.47. The van der Waals surface area contributed by atoms with E-state index in [9.17, 15) is 22.8 Å². The summed E-state index contributed by atoms with van der Waals surface area (Å²) in [6, 6.07) is 11.9. The fraction of sp³-hybridized carbons (Fsp3) is 0.300. The van der Waals surface area contributed by atoms with Gasteiger partial charge in [0.05, 0.1) is 5.56 Å². The molecule has 0 aliphatic carbocycles. The maximum Gasteiger partial charge on any atom is 0.416 e. The number of carbonyl (C=O) groups is 2. The van der Waals surface area contributed by atoms with E-state index in [1.165, 1.54) is 12.1 Å². The average Bonchev–Trinajstić information content (AvgIpc) is 2.65. The predicted molar refractivity (Wildman–Crippen MR) is 97.2 cm³/mol. The molecule has 0 heterocycles. The van der Waals surface area contributed by atoms with Gasteiger partial charge in [-0.3, -0.25) is 9.59 Å². The van der Waals surface area contributed by atoms with Crippen LogP contribution in [-0.4, -0.2) is 17.9 Å². The van der Waals surface area contributed by atoms with Crippen molar-refractivity contribution in [2.45, 2.75) is 32.5 Å². The quantitative estimate of drug-likeness (QED) is 0.778. The second kappa shape index (κ2) is 8.70. The lowest BCUT2D eigenvalue weighted by atomic mass is 9.97. The number of alkyl halides is 3. The summed E-state index contributed by atoms with van der Waals surface area (Å²) in [5.41, 5.74) is -0.427. The van der Waals surface area contributed by atoms with Crippen molar-refractivity contribution in [2.75, 3.05) is 5.32 Å². The molecule has 2 atom stereocenters. The highest BCUT2D eigenvalue weighted by molar-refractivity contribution is 6.01. The Hall–Kier alpha value is -2.83. The molecule has 0 fully saturated rings. The third-order valence-electron chi connectivity index (χ3n) is 4.28. The van der Waals surface area contributed by atoms with Gasteiger partial charge in [-0.05, 0) is 36.2 Å². The molecule has 0 saturated heterocycles. The van der Waals surface area contributed by atoms with Gasteiger partial charge in [-0.25, -0.2) is 0 Å². The van der Waals surface area contributed by atoms with Crippen LogP contribution in [0.2, 0.25) is 0 Å². The van der Waals surface area contributed by atoms with E-state index < -0.39 is 29.6 Å². The molecule has 2 aromatic carbocycles. The van der Waals surface area contributed by atoms with Crippen molar-refractivity contribution in [1.29, 1.82) is 0 Å². The Morgan fingerprint density at radius 2 is 1.70 bits per heavy atom. The number of carbonyl (C=O) groups excluding carboxylic acids is 2. The largest absolute Gasteiger partial charge is 0.416 e. The summed E-state index contributed by atoms with van der Waals surface area (Å²) in [6.07, 6.45) is -3.89. The molecule has 27 heavy (non-hydrogen) atoms. The zero-order valence-corrected chi connectivity index (χ0v) is 15.0. The van der Waals surface area contributed by atoms with Crippen LogP contribution in [0.5, 0.6) is 0 Å². The summed E-state index contributed by atoms with van der Waals surface area (Å²) in [5.74, 6) is -1.18. The molecule has 0 aromatic heterocycles. The van der Waals surface area contributed by atoms with Crippen molar-refractivity contribution in [2.24, 2.45) is 5.92 Å². The van der Waals surface area contributed by atoms with Gasteiger partial charge in [0, 0.05) is 11.3 Å². The first kappa shape index (κ1) is 20.5. The molecule has 0 aliphatic rings. The number of nitrogens with one attached hydrogen (secondary N) is 2. The number of anilines is 1. The van der Waals surface area contributed by atoms with E-state index in [1.807, 2.05) is 6.92 Å². The molecule has 4 nitrogen and oxygen atoms in total. The van der Waals surface area contributed by atoms with Gasteiger partial charge in [-0.15, -0.1) is 0 Å². The van der Waals surface area contributed by atoms with E-state index in [0.717, 1.165) is 12.1 Å². The van der Waals surface area contributed by atoms with E-state index in [4.69, 9.17) is 0 Å². The second-order valence-electron chi connectivity index (χ2n) is 6.27. The molecule has 2 N–H and O–H groups in total. The lowest BCUT2D eigenvalue weighted by Gasteiger charge is -2.24. The summed E-state index contributed by atoms with van der Waals surface area (Å²) in [6.45, 7) is 3.66. The highest BCUT2D eigenvalue weighted by Gasteiger charge is 2.31. The van der Waals surface area contributed by atoms with Gasteiger partial charge in [-0.2, -0.15) is 13.2 Å². The SMILES string of the molecule is CC[C@H](C)[C@H](NC(=O)c1ccccc1)C(=O)Nc1cccc(C(F)(F)F)c1. The minimum atomic E-state index is -4.50. The maximum atomic E-state index is 12.8. The monoisotopic (exact) mass is 378 g/mol. The summed E-state index contributed by atoms with van der Waals surface area (Å²) in [5, 5.41) is 5.15. The van der Waals surface area contributed by atoms with Crippen molar-refractivity contribution in [3.8, 4) is 0 Å². The minimum Gasteiger partial charge on any atom is -0.340 e. The molecule has 0 saturated carbocycles. The maximum absolute atomic E-state index is 12.8. The molecule has 0 unspecified atom stereocenters. The Morgan fingerprint density at radius 1 is 1.04 bits per heavy atom. The van der Waals surface area contributed by atoms with Crippen molar-refractivity contribution in [1.82, 2.24) is 5.32 Å². The van der Waals surface area contributed by atoms with Gasteiger partial charge in [0.15, 0.2) is 0 Å². The highest BCUT2D eigenvalue weighted by Crippen LogP contribution is 2.30. The second-order valence-corrected chi connectivity index (χ2v) is 6.27. The van der Waals surface area contributed by atoms with E-state index in [0.29, 0.717) is 12.0 Å². The molecule has 2 amide bonds. The third kappa shape index (κ3) is 5.57. The number of hydrogen-bond acceptors (Lipinski definition) is 2. The molecular weight excluding hydrogens is 357 g/mol. The smallest absolute Gasteiger partial charge is 0.340 e. The molecule has 0 radical (unpaired) electrons. The highest BCUT2D eigenvalue weighted by atomic mass is 19.4. The normalized spacial score (nSPS) is 13.5. The van der Waals surface area contributed by atoms with Gasteiger partial charge in [-0.1, -0.05) is 44.5 Å². The Kier molecular flexibility index (Phi) is 6.60. The molecule has 0 bridgehead atoms. The molecule has 2 rings (SSSR count). The summed E-state index contributed by atoms with van der Waals surface area (Å²) in [4.78, 5) is 25.0. The molecule has 0 aliphatic heterocycles. The Morgan fingerprint density at radius 3 is 2.30 bits per heavy atom. The number of amides is 2. The molecule has 7 heteroatoms. The van der Waals surface area contributed by atoms with Gasteiger partial charge < -0.3 is 10.6 Å². The fourth-order valence-electron chi connectivity index (χ4n) is 2.51. The van der Waals surface area contributed by atoms with Crippen LogP contribution in [0.25, 0.3) is 0 Å². The van der Waals surface area contributed by atoms with Crippen molar-refractivity contribution < 1.29 is 22.8 Å². The number of benzene rings is 2. The molecular formula is C20H21F3N2O2. The summed E-state index contributed by atoms with van der Waals surface area (Å²) < 4.78 is 38.5. The first-order chi connectivity index (χ1) is 12.7. The number of hydrogen-bond donors (Lipinski definition) is 2. The zero-order chi connectivity index (χ0) is 20.0. The Labute approximate surface area is 155 Å². The molecule has 144 valence electrons. The van der Waals surface area contributed by atoms with Crippen LogP contribution in [-0.2, 0) is 11.0 Å². The molecule has 2 aromatic rings. The topological polar surface area (TPSA) is 58.2 Å². The zero-order valence-electron chi connectivity index (χ0n) is 15.0. The van der Waals surface area contributed by atoms with Gasteiger partial charge in [0.25, 0.3) is 5.91 Å². The van der Waals surface area contributed by atoms with Gasteiger partial charge >= 0.3 is 6.18 Å². The predicted octanol–water partition coefficient (Wildman–Crippen LogP) is 4.49. The number of rotatable bonds is 6. The first-order valence-electron chi connectivity index (χ1n) is 8.56. The van der Waals surface area contributed by atoms with E-state index in [1.54, 1.807) is 37.3 Å². The fourth-order valence-corrected chi connectivity index (χ4v) is 2.51. The van der Waals surface area contributed by atoms with Crippen LogP contribution >= 0.6 is 0 Å². The van der Waals surface area contributed by atoms with Crippen molar-refractivity contribution in [3.63, 3.8) is 0 Å². The van der Waals surface area contributed by atoms with Crippen LogP contribution in [0, 0.1) is 5.92 Å². The molecule has 0 spiro atoms. The summed E-state index contributed by atoms with van der Waals surface area (Å²) >= 11 is 0. The third-order valence-corrected chi connectivity index (χ3v) is 4.28. The van der Waals surface area contributed by atoms with Crippen LogP contribution in [0.1, 0.15) is 36.2 Å². The van der Waals surface area contributed by atoms with Crippen molar-refractivity contribution >= 4 is 17.5 Å². The van der Waals surface area contributed by atoms with Crippen LogP contribution in [0.3, 0.4) is 0 Å². The first-order valence-corrected chi connectivity index (χ1v) is 8.56. The van der Waals surface area contributed by atoms with Crippen molar-refractivity contribution in [3.05, 3.63) is 65.7 Å². The average molecular weight is 378 g/mol. The summed E-state index contributed by atoms with van der Waals surface area (Å²) in [7, 11) is 0. The standard InChI is InChI=1S/C20H21F3N2O2/c1-3-13(2)17(25-18(26)14-8-5-4-6-9-14)19(27)24-16-11-7-10-15(12-16)20(21,22)23/h4-13,17H,3H2,1-2H3,(H,24,27)(H,25,26)/t13-,17-/m0/s1. The van der Waals surface area contributed by atoms with Crippen LogP contribution < -0.4 is 10.6 Å². The van der Waals surface area contributed by atoms with Gasteiger partial charge in [0.2, 0.25) is 5.91 Å². The van der Waals surface area contributed by atoms with E-state index in [2.05, 4.69) is 10.6 Å². The Bertz CT molecular complexity index is 791. The Balaban J connectivity index is 2.17. The minimum absolute atomic E-state index is 0.0251. The number of halogens is 3. The van der Waals surface area contributed by atoms with Crippen LogP contribution in [0.4, 0.5) is 18.9 Å². The van der Waals surface area contributed by atoms with Gasteiger partial charge in [0.1, 0.15) is 6.04 Å². The van der Waals surface area contributed by atoms with E-state index in [-0.39, 0.29) is 11.6 Å².